The van der Waals surface area contributed by atoms with Crippen LogP contribution >= 0.6 is 11.5 Å². The van der Waals surface area contributed by atoms with Crippen molar-refractivity contribution in [1.82, 2.24) is 24.5 Å². The molecule has 0 bridgehead atoms. The van der Waals surface area contributed by atoms with Gasteiger partial charge in [-0.25, -0.2) is 4.98 Å². The average Bonchev–Trinajstić information content (AvgIpc) is 3.02. The van der Waals surface area contributed by atoms with Crippen molar-refractivity contribution in [2.75, 3.05) is 19.7 Å². The van der Waals surface area contributed by atoms with Crippen LogP contribution in [0.2, 0.25) is 0 Å². The highest BCUT2D eigenvalue weighted by Gasteiger charge is 2.29. The van der Waals surface area contributed by atoms with Gasteiger partial charge in [0, 0.05) is 12.6 Å². The first-order valence-corrected chi connectivity index (χ1v) is 8.15. The van der Waals surface area contributed by atoms with Crippen molar-refractivity contribution in [3.8, 4) is 0 Å². The summed E-state index contributed by atoms with van der Waals surface area (Å²) in [4.78, 5) is 33.4. The monoisotopic (exact) mass is 335 g/mol. The highest BCUT2D eigenvalue weighted by Crippen LogP contribution is 2.23. The lowest BCUT2D eigenvalue weighted by molar-refractivity contribution is -0.0247. The van der Waals surface area contributed by atoms with E-state index >= 15 is 0 Å². The van der Waals surface area contributed by atoms with E-state index in [-0.39, 0.29) is 11.5 Å². The molecule has 8 nitrogen and oxygen atoms in total. The Balaban J connectivity index is 1.80. The Labute approximate surface area is 136 Å². The van der Waals surface area contributed by atoms with Crippen LogP contribution in [0.15, 0.2) is 10.9 Å². The molecule has 2 aromatic rings. The molecule has 0 radical (unpaired) electrons. The highest BCUT2D eigenvalue weighted by molar-refractivity contribution is 7.08. The quantitative estimate of drug-likeness (QED) is 0.886. The number of nitrogens with one attached hydrogen (secondary N) is 1. The van der Waals surface area contributed by atoms with Gasteiger partial charge in [0.25, 0.3) is 11.5 Å². The van der Waals surface area contributed by atoms with Crippen LogP contribution in [0.5, 0.6) is 0 Å². The molecule has 1 atom stereocenters. The molecule has 122 valence electrons. The van der Waals surface area contributed by atoms with Gasteiger partial charge in [0.05, 0.1) is 24.5 Å². The van der Waals surface area contributed by atoms with Crippen molar-refractivity contribution in [2.45, 2.75) is 26.4 Å². The molecular weight excluding hydrogens is 318 g/mol. The summed E-state index contributed by atoms with van der Waals surface area (Å²) in [5.74, 6) is 0.436. The van der Waals surface area contributed by atoms with Crippen molar-refractivity contribution in [1.29, 1.82) is 0 Å². The molecule has 1 amide bonds. The van der Waals surface area contributed by atoms with E-state index in [9.17, 15) is 9.59 Å². The predicted molar refractivity (Wildman–Crippen MR) is 83.5 cm³/mol. The zero-order valence-electron chi connectivity index (χ0n) is 12.9. The first kappa shape index (κ1) is 15.8. The molecule has 23 heavy (non-hydrogen) atoms. The Morgan fingerprint density at radius 3 is 3.13 bits per heavy atom. The molecule has 1 fully saturated rings. The average molecular weight is 335 g/mol. The van der Waals surface area contributed by atoms with Gasteiger partial charge in [0.1, 0.15) is 16.8 Å². The molecule has 0 saturated carbocycles. The fraction of sp³-hybridized carbons (Fsp3) is 0.500. The van der Waals surface area contributed by atoms with E-state index in [4.69, 9.17) is 4.74 Å². The van der Waals surface area contributed by atoms with E-state index in [0.29, 0.717) is 48.2 Å². The van der Waals surface area contributed by atoms with Crippen LogP contribution in [0.3, 0.4) is 0 Å². The minimum absolute atomic E-state index is 0.0910. The molecule has 0 aromatic carbocycles. The summed E-state index contributed by atoms with van der Waals surface area (Å²) in [5.41, 5.74) is 1.04. The number of carbonyl (C=O) groups excluding carboxylic acids is 1. The lowest BCUT2D eigenvalue weighted by atomic mass is 10.2. The predicted octanol–water partition coefficient (Wildman–Crippen LogP) is 0.706. The van der Waals surface area contributed by atoms with Crippen molar-refractivity contribution in [3.63, 3.8) is 0 Å². The molecule has 0 aliphatic carbocycles. The number of hydrogen-bond acceptors (Lipinski definition) is 7. The Morgan fingerprint density at radius 2 is 2.39 bits per heavy atom. The summed E-state index contributed by atoms with van der Waals surface area (Å²) in [5, 5.41) is 3.98. The van der Waals surface area contributed by atoms with Crippen molar-refractivity contribution < 1.29 is 9.53 Å². The van der Waals surface area contributed by atoms with Crippen LogP contribution in [0.1, 0.15) is 39.9 Å². The Kier molecular flexibility index (Phi) is 4.49. The van der Waals surface area contributed by atoms with Crippen molar-refractivity contribution >= 4 is 17.4 Å². The van der Waals surface area contributed by atoms with E-state index in [1.165, 1.54) is 6.07 Å². The molecule has 1 saturated heterocycles. The number of aryl methyl sites for hydroxylation is 2. The van der Waals surface area contributed by atoms with Gasteiger partial charge < -0.3 is 14.6 Å². The molecule has 1 aliphatic heterocycles. The minimum Gasteiger partial charge on any atom is -0.368 e. The SMILES string of the molecule is CCc1nnsc1C(=O)N1CCOC(c2cc(=O)[nH]c(C)n2)C1. The van der Waals surface area contributed by atoms with Crippen molar-refractivity contribution in [2.24, 2.45) is 0 Å². The summed E-state index contributed by atoms with van der Waals surface area (Å²) in [6.45, 7) is 4.91. The number of nitrogens with zero attached hydrogens (tertiary/aromatic N) is 4. The number of morpholine rings is 1. The fourth-order valence-corrected chi connectivity index (χ4v) is 3.24. The van der Waals surface area contributed by atoms with Gasteiger partial charge in [-0.15, -0.1) is 5.10 Å². The van der Waals surface area contributed by atoms with E-state index in [1.54, 1.807) is 11.8 Å². The van der Waals surface area contributed by atoms with Crippen LogP contribution in [0, 0.1) is 6.92 Å². The minimum atomic E-state index is -0.403. The highest BCUT2D eigenvalue weighted by atomic mass is 32.1. The second-order valence-electron chi connectivity index (χ2n) is 5.27. The lowest BCUT2D eigenvalue weighted by Gasteiger charge is -2.32. The molecule has 1 N–H and O–H groups in total. The van der Waals surface area contributed by atoms with E-state index in [2.05, 4.69) is 19.6 Å². The van der Waals surface area contributed by atoms with Gasteiger partial charge in [-0.2, -0.15) is 0 Å². The molecular formula is C14H17N5O3S. The number of aromatic nitrogens is 4. The number of aromatic amines is 1. The summed E-state index contributed by atoms with van der Waals surface area (Å²) in [6, 6.07) is 1.41. The second-order valence-corrected chi connectivity index (χ2v) is 6.02. The van der Waals surface area contributed by atoms with Crippen molar-refractivity contribution in [3.05, 3.63) is 38.5 Å². The Hall–Kier alpha value is -2.13. The summed E-state index contributed by atoms with van der Waals surface area (Å²) >= 11 is 1.11. The molecule has 1 aliphatic rings. The van der Waals surface area contributed by atoms with Crippen LogP contribution < -0.4 is 5.56 Å². The Morgan fingerprint density at radius 1 is 1.57 bits per heavy atom. The molecule has 0 spiro atoms. The third-order valence-corrected chi connectivity index (χ3v) is 4.40. The Bertz CT molecular complexity index is 772. The number of hydrogen-bond donors (Lipinski definition) is 1. The standard InChI is InChI=1S/C14H17N5O3S/c1-3-9-13(23-18-17-9)14(21)19-4-5-22-11(7-19)10-6-12(20)16-8(2)15-10/h6,11H,3-5,7H2,1-2H3,(H,15,16,20). The summed E-state index contributed by atoms with van der Waals surface area (Å²) < 4.78 is 9.56. The van der Waals surface area contributed by atoms with Gasteiger partial charge >= 0.3 is 0 Å². The number of amides is 1. The molecule has 3 heterocycles. The number of ether oxygens (including phenoxy) is 1. The largest absolute Gasteiger partial charge is 0.368 e. The smallest absolute Gasteiger partial charge is 0.267 e. The van der Waals surface area contributed by atoms with E-state index < -0.39 is 6.10 Å². The lowest BCUT2D eigenvalue weighted by Crippen LogP contribution is -2.42. The second kappa shape index (κ2) is 6.55. The van der Waals surface area contributed by atoms with Gasteiger partial charge in [0.15, 0.2) is 0 Å². The fourth-order valence-electron chi connectivity index (χ4n) is 2.53. The molecule has 3 rings (SSSR count). The normalized spacial score (nSPS) is 18.2. The maximum atomic E-state index is 12.7. The maximum absolute atomic E-state index is 12.7. The van der Waals surface area contributed by atoms with E-state index in [0.717, 1.165) is 11.5 Å². The number of H-pyrrole nitrogens is 1. The topological polar surface area (TPSA) is 101 Å². The molecule has 9 heteroatoms. The van der Waals surface area contributed by atoms with Gasteiger partial charge in [0.2, 0.25) is 0 Å². The van der Waals surface area contributed by atoms with Crippen LogP contribution in [0.25, 0.3) is 0 Å². The number of rotatable bonds is 3. The van der Waals surface area contributed by atoms with Gasteiger partial charge in [-0.05, 0) is 24.9 Å². The molecule has 2 aromatic heterocycles. The van der Waals surface area contributed by atoms with Crippen LogP contribution in [-0.2, 0) is 11.2 Å². The van der Waals surface area contributed by atoms with E-state index in [1.807, 2.05) is 6.92 Å². The first-order chi connectivity index (χ1) is 11.1. The van der Waals surface area contributed by atoms with Crippen LogP contribution in [-0.4, -0.2) is 50.1 Å². The summed E-state index contributed by atoms with van der Waals surface area (Å²) in [7, 11) is 0. The zero-order valence-corrected chi connectivity index (χ0v) is 13.7. The molecule has 1 unspecified atom stereocenters. The van der Waals surface area contributed by atoms with Gasteiger partial charge in [-0.3, -0.25) is 9.59 Å². The number of carbonyl (C=O) groups is 1. The summed E-state index contributed by atoms with van der Waals surface area (Å²) in [6.07, 6.45) is 0.264. The first-order valence-electron chi connectivity index (χ1n) is 7.38. The van der Waals surface area contributed by atoms with Crippen LogP contribution in [0.4, 0.5) is 0 Å². The third-order valence-electron chi connectivity index (χ3n) is 3.65. The zero-order chi connectivity index (χ0) is 16.4. The maximum Gasteiger partial charge on any atom is 0.267 e. The third kappa shape index (κ3) is 3.30. The van der Waals surface area contributed by atoms with Gasteiger partial charge in [-0.1, -0.05) is 11.4 Å².